The average molecular weight is 305 g/mol. The third-order valence-corrected chi connectivity index (χ3v) is 4.03. The van der Waals surface area contributed by atoms with Crippen LogP contribution in [0.25, 0.3) is 11.0 Å². The highest BCUT2D eigenvalue weighted by Gasteiger charge is 2.25. The SMILES string of the molecule is CC(=O)N(C)CC(C(C)C)N(C)c1ncnc2[nH]cc(O)c12. The number of amides is 1. The molecule has 120 valence electrons. The smallest absolute Gasteiger partial charge is 0.219 e. The van der Waals surface area contributed by atoms with Crippen molar-refractivity contribution in [2.45, 2.75) is 26.8 Å². The standard InChI is InChI=1S/C15H23N5O2/c1-9(2)11(7-19(4)10(3)21)20(5)15-13-12(22)6-16-14(13)17-8-18-15/h6,8-9,11,22H,7H2,1-5H3,(H,16,17,18). The van der Waals surface area contributed by atoms with Crippen molar-refractivity contribution in [3.05, 3.63) is 12.5 Å². The van der Waals surface area contributed by atoms with Crippen LogP contribution in [0.15, 0.2) is 12.5 Å². The molecule has 0 aromatic carbocycles. The first-order valence-electron chi connectivity index (χ1n) is 7.28. The van der Waals surface area contributed by atoms with Crippen LogP contribution in [0.3, 0.4) is 0 Å². The van der Waals surface area contributed by atoms with E-state index in [0.29, 0.717) is 29.3 Å². The van der Waals surface area contributed by atoms with E-state index >= 15 is 0 Å². The highest BCUT2D eigenvalue weighted by Crippen LogP contribution is 2.31. The van der Waals surface area contributed by atoms with Gasteiger partial charge < -0.3 is 19.9 Å². The van der Waals surface area contributed by atoms with Gasteiger partial charge in [0.15, 0.2) is 0 Å². The predicted octanol–water partition coefficient (Wildman–Crippen LogP) is 1.60. The molecule has 2 heterocycles. The molecule has 2 aromatic rings. The van der Waals surface area contributed by atoms with E-state index in [-0.39, 0.29) is 17.7 Å². The van der Waals surface area contributed by atoms with E-state index in [1.807, 2.05) is 11.9 Å². The van der Waals surface area contributed by atoms with Crippen molar-refractivity contribution in [2.75, 3.05) is 25.5 Å². The van der Waals surface area contributed by atoms with Gasteiger partial charge in [-0.15, -0.1) is 0 Å². The van der Waals surface area contributed by atoms with Gasteiger partial charge >= 0.3 is 0 Å². The molecule has 2 N–H and O–H groups in total. The maximum absolute atomic E-state index is 11.5. The number of fused-ring (bicyclic) bond motifs is 1. The summed E-state index contributed by atoms with van der Waals surface area (Å²) in [5, 5.41) is 10.6. The van der Waals surface area contributed by atoms with Gasteiger partial charge in [-0.25, -0.2) is 9.97 Å². The van der Waals surface area contributed by atoms with E-state index in [2.05, 4.69) is 28.8 Å². The molecule has 0 saturated carbocycles. The molecular formula is C15H23N5O2. The minimum atomic E-state index is 0.0244. The maximum Gasteiger partial charge on any atom is 0.219 e. The largest absolute Gasteiger partial charge is 0.506 e. The van der Waals surface area contributed by atoms with Gasteiger partial charge in [0.05, 0.1) is 0 Å². The Bertz CT molecular complexity index is 667. The van der Waals surface area contributed by atoms with Crippen LogP contribution in [-0.4, -0.2) is 57.5 Å². The second-order valence-electron chi connectivity index (χ2n) is 5.92. The quantitative estimate of drug-likeness (QED) is 0.876. The predicted molar refractivity (Wildman–Crippen MR) is 85.9 cm³/mol. The number of anilines is 1. The molecule has 0 radical (unpaired) electrons. The van der Waals surface area contributed by atoms with Crippen molar-refractivity contribution in [2.24, 2.45) is 5.92 Å². The molecule has 0 spiro atoms. The van der Waals surface area contributed by atoms with Crippen LogP contribution in [-0.2, 0) is 4.79 Å². The fourth-order valence-electron chi connectivity index (χ4n) is 2.54. The lowest BCUT2D eigenvalue weighted by molar-refractivity contribution is -0.127. The number of H-pyrrole nitrogens is 1. The van der Waals surface area contributed by atoms with Crippen molar-refractivity contribution in [1.82, 2.24) is 19.9 Å². The van der Waals surface area contributed by atoms with Gasteiger partial charge in [0.25, 0.3) is 0 Å². The lowest BCUT2D eigenvalue weighted by atomic mass is 10.0. The third kappa shape index (κ3) is 2.98. The summed E-state index contributed by atoms with van der Waals surface area (Å²) in [6, 6.07) is 0.0706. The summed E-state index contributed by atoms with van der Waals surface area (Å²) in [6.07, 6.45) is 2.97. The Morgan fingerprint density at radius 1 is 1.36 bits per heavy atom. The van der Waals surface area contributed by atoms with Gasteiger partial charge in [0.2, 0.25) is 5.91 Å². The van der Waals surface area contributed by atoms with Crippen LogP contribution in [0.2, 0.25) is 0 Å². The molecule has 22 heavy (non-hydrogen) atoms. The third-order valence-electron chi connectivity index (χ3n) is 4.03. The van der Waals surface area contributed by atoms with Crippen molar-refractivity contribution >= 4 is 22.8 Å². The molecule has 2 aromatic heterocycles. The van der Waals surface area contributed by atoms with Crippen LogP contribution >= 0.6 is 0 Å². The van der Waals surface area contributed by atoms with Crippen LogP contribution in [0.1, 0.15) is 20.8 Å². The lowest BCUT2D eigenvalue weighted by Gasteiger charge is -2.35. The Balaban J connectivity index is 2.39. The van der Waals surface area contributed by atoms with E-state index in [1.54, 1.807) is 18.9 Å². The Morgan fingerprint density at radius 2 is 2.05 bits per heavy atom. The van der Waals surface area contributed by atoms with Gasteiger partial charge in [-0.1, -0.05) is 13.8 Å². The second-order valence-corrected chi connectivity index (χ2v) is 5.92. The molecule has 1 unspecified atom stereocenters. The summed E-state index contributed by atoms with van der Waals surface area (Å²) < 4.78 is 0. The number of aromatic nitrogens is 3. The molecule has 1 atom stereocenters. The Labute approximate surface area is 130 Å². The van der Waals surface area contributed by atoms with E-state index in [9.17, 15) is 9.90 Å². The number of hydrogen-bond acceptors (Lipinski definition) is 5. The molecule has 0 bridgehead atoms. The van der Waals surface area contributed by atoms with Crippen LogP contribution in [0, 0.1) is 5.92 Å². The Kier molecular flexibility index (Phi) is 4.54. The summed E-state index contributed by atoms with van der Waals surface area (Å²) in [6.45, 7) is 6.34. The van der Waals surface area contributed by atoms with E-state index in [0.717, 1.165) is 0 Å². The highest BCUT2D eigenvalue weighted by molar-refractivity contribution is 5.93. The summed E-state index contributed by atoms with van der Waals surface area (Å²) in [7, 11) is 3.71. The number of aromatic amines is 1. The van der Waals surface area contributed by atoms with Crippen LogP contribution in [0.4, 0.5) is 5.82 Å². The Morgan fingerprint density at radius 3 is 2.64 bits per heavy atom. The van der Waals surface area contributed by atoms with Gasteiger partial charge in [-0.2, -0.15) is 0 Å². The van der Waals surface area contributed by atoms with Gasteiger partial charge in [-0.3, -0.25) is 4.79 Å². The molecule has 0 aliphatic heterocycles. The minimum absolute atomic E-state index is 0.0244. The molecule has 2 rings (SSSR count). The number of likely N-dealkylation sites (N-methyl/N-ethyl adjacent to an activating group) is 2. The first-order chi connectivity index (χ1) is 10.3. The number of rotatable bonds is 5. The second kappa shape index (κ2) is 6.21. The number of carbonyl (C=O) groups excluding carboxylic acids is 1. The summed E-state index contributed by atoms with van der Waals surface area (Å²) in [5.41, 5.74) is 0.594. The van der Waals surface area contributed by atoms with E-state index in [1.165, 1.54) is 12.5 Å². The van der Waals surface area contributed by atoms with Crippen molar-refractivity contribution in [3.8, 4) is 5.75 Å². The number of nitrogens with one attached hydrogen (secondary N) is 1. The monoisotopic (exact) mass is 305 g/mol. The molecular weight excluding hydrogens is 282 g/mol. The zero-order valence-corrected chi connectivity index (χ0v) is 13.7. The Hall–Kier alpha value is -2.31. The molecule has 0 aliphatic carbocycles. The van der Waals surface area contributed by atoms with Crippen LogP contribution in [0.5, 0.6) is 5.75 Å². The van der Waals surface area contributed by atoms with Crippen molar-refractivity contribution in [3.63, 3.8) is 0 Å². The lowest BCUT2D eigenvalue weighted by Crippen LogP contribution is -2.45. The summed E-state index contributed by atoms with van der Waals surface area (Å²) in [5.74, 6) is 1.11. The first kappa shape index (κ1) is 16.1. The molecule has 7 heteroatoms. The number of aromatic hydroxyl groups is 1. The van der Waals surface area contributed by atoms with Gasteiger partial charge in [0.1, 0.15) is 28.9 Å². The molecule has 7 nitrogen and oxygen atoms in total. The number of carbonyl (C=O) groups is 1. The average Bonchev–Trinajstić information content (AvgIpc) is 2.85. The summed E-state index contributed by atoms with van der Waals surface area (Å²) >= 11 is 0. The summed E-state index contributed by atoms with van der Waals surface area (Å²) in [4.78, 5) is 26.6. The topological polar surface area (TPSA) is 85.4 Å². The van der Waals surface area contributed by atoms with Crippen molar-refractivity contribution < 1.29 is 9.90 Å². The molecule has 0 aliphatic rings. The zero-order chi connectivity index (χ0) is 16.4. The van der Waals surface area contributed by atoms with E-state index < -0.39 is 0 Å². The van der Waals surface area contributed by atoms with Crippen molar-refractivity contribution in [1.29, 1.82) is 0 Å². The molecule has 0 saturated heterocycles. The fraction of sp³-hybridized carbons (Fsp3) is 0.533. The number of nitrogens with zero attached hydrogens (tertiary/aromatic N) is 4. The highest BCUT2D eigenvalue weighted by atomic mass is 16.3. The zero-order valence-electron chi connectivity index (χ0n) is 13.7. The van der Waals surface area contributed by atoms with E-state index in [4.69, 9.17) is 0 Å². The maximum atomic E-state index is 11.5. The number of hydrogen-bond donors (Lipinski definition) is 2. The normalized spacial score (nSPS) is 12.6. The van der Waals surface area contributed by atoms with Gasteiger partial charge in [-0.05, 0) is 5.92 Å². The molecule has 1 amide bonds. The first-order valence-corrected chi connectivity index (χ1v) is 7.28. The van der Waals surface area contributed by atoms with Gasteiger partial charge in [0, 0.05) is 39.8 Å². The van der Waals surface area contributed by atoms with Crippen LogP contribution < -0.4 is 4.90 Å². The fourth-order valence-corrected chi connectivity index (χ4v) is 2.54. The minimum Gasteiger partial charge on any atom is -0.506 e. The molecule has 0 fully saturated rings.